The lowest BCUT2D eigenvalue weighted by atomic mass is 9.92. The van der Waals surface area contributed by atoms with E-state index in [-0.39, 0.29) is 35.2 Å². The van der Waals surface area contributed by atoms with E-state index in [1.807, 2.05) is 32.0 Å². The number of aryl methyl sites for hydroxylation is 2. The van der Waals surface area contributed by atoms with E-state index in [4.69, 9.17) is 17.3 Å². The molecular weight excluding hydrogens is 417 g/mol. The second-order valence-corrected chi connectivity index (χ2v) is 7.78. The lowest BCUT2D eigenvalue weighted by Gasteiger charge is -2.15. The molecule has 0 unspecified atom stereocenters. The first-order valence-corrected chi connectivity index (χ1v) is 10.2. The van der Waals surface area contributed by atoms with Gasteiger partial charge in [-0.3, -0.25) is 14.6 Å². The predicted octanol–water partition coefficient (Wildman–Crippen LogP) is 4.27. The number of rotatable bonds is 7. The number of hydrogen-bond acceptors (Lipinski definition) is 4. The number of aromatic nitrogens is 1. The minimum atomic E-state index is -0.599. The molecule has 1 heterocycles. The van der Waals surface area contributed by atoms with Gasteiger partial charge in [0, 0.05) is 43.0 Å². The highest BCUT2D eigenvalue weighted by atomic mass is 35.5. The van der Waals surface area contributed by atoms with Crippen LogP contribution < -0.4 is 11.1 Å². The maximum Gasteiger partial charge on any atom is 0.252 e. The second kappa shape index (κ2) is 9.81. The molecule has 1 aromatic heterocycles. The van der Waals surface area contributed by atoms with E-state index in [1.54, 1.807) is 6.20 Å². The molecule has 7 heteroatoms. The number of nitrogens with zero attached hydrogens (tertiary/aromatic N) is 1. The summed E-state index contributed by atoms with van der Waals surface area (Å²) in [6, 6.07) is 9.78. The van der Waals surface area contributed by atoms with E-state index < -0.39 is 5.82 Å². The van der Waals surface area contributed by atoms with E-state index in [1.165, 1.54) is 18.3 Å². The molecule has 3 N–H and O–H groups in total. The Morgan fingerprint density at radius 2 is 1.81 bits per heavy atom. The van der Waals surface area contributed by atoms with Gasteiger partial charge in [0.05, 0.1) is 10.6 Å². The van der Waals surface area contributed by atoms with Gasteiger partial charge in [0.1, 0.15) is 5.82 Å². The third kappa shape index (κ3) is 5.34. The van der Waals surface area contributed by atoms with Crippen LogP contribution in [-0.2, 0) is 6.42 Å². The minimum Gasteiger partial charge on any atom is -0.351 e. The molecule has 31 heavy (non-hydrogen) atoms. The van der Waals surface area contributed by atoms with Gasteiger partial charge in [-0.1, -0.05) is 40.9 Å². The summed E-state index contributed by atoms with van der Waals surface area (Å²) in [6.07, 6.45) is 3.04. The average Bonchev–Trinajstić information content (AvgIpc) is 2.73. The van der Waals surface area contributed by atoms with Gasteiger partial charge in [0.15, 0.2) is 5.78 Å². The zero-order chi connectivity index (χ0) is 22.5. The number of halogens is 2. The lowest BCUT2D eigenvalue weighted by molar-refractivity contribution is 0.0954. The summed E-state index contributed by atoms with van der Waals surface area (Å²) in [4.78, 5) is 30.2. The van der Waals surface area contributed by atoms with Crippen molar-refractivity contribution in [2.75, 3.05) is 13.1 Å². The van der Waals surface area contributed by atoms with Crippen LogP contribution in [0.1, 0.15) is 37.4 Å². The fraction of sp³-hybridized carbons (Fsp3) is 0.208. The molecule has 0 fully saturated rings. The van der Waals surface area contributed by atoms with Gasteiger partial charge in [0.2, 0.25) is 0 Å². The molecule has 0 aliphatic rings. The summed E-state index contributed by atoms with van der Waals surface area (Å²) in [5.41, 5.74) is 10.2. The van der Waals surface area contributed by atoms with Crippen molar-refractivity contribution in [1.29, 1.82) is 0 Å². The summed E-state index contributed by atoms with van der Waals surface area (Å²) >= 11 is 5.82. The van der Waals surface area contributed by atoms with Crippen molar-refractivity contribution in [2.45, 2.75) is 20.3 Å². The van der Waals surface area contributed by atoms with Gasteiger partial charge < -0.3 is 11.1 Å². The van der Waals surface area contributed by atoms with Gasteiger partial charge in [-0.05, 0) is 43.2 Å². The number of amides is 1. The number of ketones is 1. The molecule has 0 aliphatic heterocycles. The van der Waals surface area contributed by atoms with Gasteiger partial charge in [0.25, 0.3) is 5.91 Å². The molecule has 160 valence electrons. The van der Waals surface area contributed by atoms with Crippen LogP contribution in [0.5, 0.6) is 0 Å². The van der Waals surface area contributed by atoms with Crippen molar-refractivity contribution in [3.63, 3.8) is 0 Å². The Labute approximate surface area is 185 Å². The van der Waals surface area contributed by atoms with E-state index in [0.717, 1.165) is 22.8 Å². The van der Waals surface area contributed by atoms with Gasteiger partial charge >= 0.3 is 0 Å². The zero-order valence-corrected chi connectivity index (χ0v) is 18.1. The second-order valence-electron chi connectivity index (χ2n) is 7.37. The molecule has 0 saturated heterocycles. The van der Waals surface area contributed by atoms with Gasteiger partial charge in [-0.25, -0.2) is 4.39 Å². The van der Waals surface area contributed by atoms with Crippen molar-refractivity contribution >= 4 is 23.3 Å². The predicted molar refractivity (Wildman–Crippen MR) is 120 cm³/mol. The Hall–Kier alpha value is -3.09. The maximum absolute atomic E-state index is 13.5. The van der Waals surface area contributed by atoms with Gasteiger partial charge in [-0.2, -0.15) is 0 Å². The van der Waals surface area contributed by atoms with Crippen molar-refractivity contribution in [2.24, 2.45) is 5.73 Å². The summed E-state index contributed by atoms with van der Waals surface area (Å²) in [6.45, 7) is 4.54. The molecule has 5 nitrogen and oxygen atoms in total. The Kier molecular flexibility index (Phi) is 7.15. The molecule has 3 aromatic rings. The van der Waals surface area contributed by atoms with E-state index in [2.05, 4.69) is 10.3 Å². The monoisotopic (exact) mass is 439 g/mol. The zero-order valence-electron chi connectivity index (χ0n) is 17.3. The smallest absolute Gasteiger partial charge is 0.252 e. The van der Waals surface area contributed by atoms with E-state index in [0.29, 0.717) is 23.2 Å². The normalized spacial score (nSPS) is 10.7. The van der Waals surface area contributed by atoms with Crippen LogP contribution in [0.2, 0.25) is 5.02 Å². The third-order valence-electron chi connectivity index (χ3n) is 4.81. The molecule has 0 spiro atoms. The average molecular weight is 440 g/mol. The van der Waals surface area contributed by atoms with Crippen molar-refractivity contribution < 1.29 is 14.0 Å². The van der Waals surface area contributed by atoms with Crippen LogP contribution in [0.25, 0.3) is 11.1 Å². The summed E-state index contributed by atoms with van der Waals surface area (Å²) in [5, 5.41) is 2.65. The van der Waals surface area contributed by atoms with Crippen molar-refractivity contribution in [3.8, 4) is 11.1 Å². The summed E-state index contributed by atoms with van der Waals surface area (Å²) < 4.78 is 13.5. The minimum absolute atomic E-state index is 0.0843. The highest BCUT2D eigenvalue weighted by Crippen LogP contribution is 2.28. The summed E-state index contributed by atoms with van der Waals surface area (Å²) in [5.74, 6) is -1.23. The largest absolute Gasteiger partial charge is 0.351 e. The van der Waals surface area contributed by atoms with Crippen molar-refractivity contribution in [1.82, 2.24) is 10.3 Å². The Bertz CT molecular complexity index is 1130. The molecule has 0 aliphatic carbocycles. The van der Waals surface area contributed by atoms with E-state index in [9.17, 15) is 14.0 Å². The Morgan fingerprint density at radius 3 is 2.45 bits per heavy atom. The Balaban J connectivity index is 2.07. The number of nitrogens with two attached hydrogens (primary N) is 1. The van der Waals surface area contributed by atoms with Crippen LogP contribution in [0, 0.1) is 19.7 Å². The number of Topliss-reactive ketones (excluding diaryl/α,β-unsaturated/α-hetero) is 1. The van der Waals surface area contributed by atoms with Crippen LogP contribution >= 0.6 is 11.6 Å². The number of nitrogens with one attached hydrogen (secondary N) is 1. The maximum atomic E-state index is 13.5. The number of hydrogen-bond donors (Lipinski definition) is 2. The molecule has 0 radical (unpaired) electrons. The summed E-state index contributed by atoms with van der Waals surface area (Å²) in [7, 11) is 0. The molecule has 0 saturated carbocycles. The lowest BCUT2D eigenvalue weighted by Crippen LogP contribution is -2.30. The first-order chi connectivity index (χ1) is 14.8. The highest BCUT2D eigenvalue weighted by Gasteiger charge is 2.21. The van der Waals surface area contributed by atoms with Crippen LogP contribution in [-0.4, -0.2) is 29.8 Å². The van der Waals surface area contributed by atoms with Crippen molar-refractivity contribution in [3.05, 3.63) is 87.4 Å². The Morgan fingerprint density at radius 1 is 1.10 bits per heavy atom. The topological polar surface area (TPSA) is 85.1 Å². The molecular formula is C24H23ClFN3O2. The fourth-order valence-electron chi connectivity index (χ4n) is 3.47. The first-order valence-electron chi connectivity index (χ1n) is 9.82. The van der Waals surface area contributed by atoms with Crippen LogP contribution in [0.4, 0.5) is 4.39 Å². The third-order valence-corrected chi connectivity index (χ3v) is 5.10. The number of carbonyl (C=O) groups is 2. The molecule has 0 atom stereocenters. The molecule has 0 bridgehead atoms. The number of pyridine rings is 1. The standard InChI is InChI=1S/C24H23ClFN3O2/c1-14-7-15(2)9-17(8-14)19-13-28-12-18(23(19)24(31)29-6-5-27)11-22(30)16-3-4-21(26)20(25)10-16/h3-4,7-10,12-13H,5-6,11,27H2,1-2H3,(H,29,31). The van der Waals surface area contributed by atoms with Gasteiger partial charge in [-0.15, -0.1) is 0 Å². The van der Waals surface area contributed by atoms with E-state index >= 15 is 0 Å². The molecule has 2 aromatic carbocycles. The number of carbonyl (C=O) groups excluding carboxylic acids is 2. The SMILES string of the molecule is Cc1cc(C)cc(-c2cncc(CC(=O)c3ccc(F)c(Cl)c3)c2C(=O)NCCN)c1. The number of benzene rings is 2. The fourth-order valence-corrected chi connectivity index (χ4v) is 3.65. The molecule has 3 rings (SSSR count). The van der Waals surface area contributed by atoms with Crippen LogP contribution in [0.3, 0.4) is 0 Å². The molecule has 1 amide bonds. The quantitative estimate of drug-likeness (QED) is 0.538. The van der Waals surface area contributed by atoms with Crippen LogP contribution in [0.15, 0.2) is 48.8 Å². The first kappa shape index (κ1) is 22.6. The highest BCUT2D eigenvalue weighted by molar-refractivity contribution is 6.31.